The van der Waals surface area contributed by atoms with Gasteiger partial charge >= 0.3 is 0 Å². The Labute approximate surface area is 121 Å². The van der Waals surface area contributed by atoms with Gasteiger partial charge in [-0.25, -0.2) is 0 Å². The van der Waals surface area contributed by atoms with Gasteiger partial charge in [-0.1, -0.05) is 24.3 Å². The number of aliphatic hydroxyl groups excluding tert-OH is 1. The zero-order valence-corrected chi connectivity index (χ0v) is 11.4. The van der Waals surface area contributed by atoms with Crippen LogP contribution in [0.25, 0.3) is 10.8 Å². The predicted octanol–water partition coefficient (Wildman–Crippen LogP) is 1.44. The Morgan fingerprint density at radius 3 is 2.14 bits per heavy atom. The first-order valence-electron chi connectivity index (χ1n) is 6.80. The van der Waals surface area contributed by atoms with Crippen LogP contribution in [0.3, 0.4) is 0 Å². The Bertz CT molecular complexity index is 660. The number of amides is 2. The molecule has 2 aromatic rings. The lowest BCUT2D eigenvalue weighted by Crippen LogP contribution is -2.42. The van der Waals surface area contributed by atoms with Crippen molar-refractivity contribution in [3.8, 4) is 0 Å². The molecule has 0 unspecified atom stereocenters. The molecule has 1 N–H and O–H groups in total. The van der Waals surface area contributed by atoms with Crippen LogP contribution in [0.2, 0.25) is 0 Å². The number of nitrogens with zero attached hydrogens (tertiary/aromatic N) is 1. The molecule has 0 saturated carbocycles. The number of hydrogen-bond acceptors (Lipinski definition) is 4. The van der Waals surface area contributed by atoms with E-state index < -0.39 is 0 Å². The zero-order valence-electron chi connectivity index (χ0n) is 11.4. The molecule has 1 heterocycles. The van der Waals surface area contributed by atoms with Gasteiger partial charge in [-0.2, -0.15) is 0 Å². The van der Waals surface area contributed by atoms with Gasteiger partial charge in [0.05, 0.1) is 26.4 Å². The molecule has 0 atom stereocenters. The molecule has 2 aromatic carbocycles. The topological polar surface area (TPSA) is 66.8 Å². The highest BCUT2D eigenvalue weighted by molar-refractivity contribution is 6.25. The highest BCUT2D eigenvalue weighted by Gasteiger charge is 2.32. The summed E-state index contributed by atoms with van der Waals surface area (Å²) in [6, 6.07) is 10.9. The van der Waals surface area contributed by atoms with Gasteiger partial charge in [-0.05, 0) is 17.5 Å². The largest absolute Gasteiger partial charge is 0.394 e. The van der Waals surface area contributed by atoms with E-state index in [4.69, 9.17) is 9.84 Å². The van der Waals surface area contributed by atoms with Crippen LogP contribution < -0.4 is 0 Å². The van der Waals surface area contributed by atoms with Crippen molar-refractivity contribution < 1.29 is 19.4 Å². The summed E-state index contributed by atoms with van der Waals surface area (Å²) in [5.41, 5.74) is 1.09. The standard InChI is InChI=1S/C16H15NO4/c18-8-10-21-9-7-17-15(19)12-5-1-3-11-4-2-6-13(14(11)12)16(17)20/h1-6,18H,7-10H2. The van der Waals surface area contributed by atoms with Crippen molar-refractivity contribution in [2.24, 2.45) is 0 Å². The van der Waals surface area contributed by atoms with E-state index in [1.165, 1.54) is 4.90 Å². The molecule has 5 heteroatoms. The molecule has 2 amide bonds. The van der Waals surface area contributed by atoms with Crippen LogP contribution in [0, 0.1) is 0 Å². The Morgan fingerprint density at radius 2 is 1.57 bits per heavy atom. The highest BCUT2D eigenvalue weighted by Crippen LogP contribution is 2.29. The molecule has 0 saturated heterocycles. The first-order chi connectivity index (χ1) is 10.2. The van der Waals surface area contributed by atoms with Crippen molar-refractivity contribution in [2.75, 3.05) is 26.4 Å². The maximum Gasteiger partial charge on any atom is 0.261 e. The predicted molar refractivity (Wildman–Crippen MR) is 77.2 cm³/mol. The van der Waals surface area contributed by atoms with Crippen LogP contribution >= 0.6 is 0 Å². The van der Waals surface area contributed by atoms with Crippen LogP contribution in [0.5, 0.6) is 0 Å². The van der Waals surface area contributed by atoms with E-state index in [0.29, 0.717) is 11.1 Å². The quantitative estimate of drug-likeness (QED) is 0.667. The van der Waals surface area contributed by atoms with Gasteiger partial charge in [0.1, 0.15) is 0 Å². The molecule has 0 aromatic heterocycles. The first-order valence-corrected chi connectivity index (χ1v) is 6.80. The normalized spacial score (nSPS) is 14.0. The van der Waals surface area contributed by atoms with Crippen molar-refractivity contribution in [3.05, 3.63) is 47.5 Å². The number of imide groups is 1. The molecule has 0 spiro atoms. The number of carbonyl (C=O) groups excluding carboxylic acids is 2. The molecule has 3 rings (SSSR count). The van der Waals surface area contributed by atoms with Gasteiger partial charge in [0.15, 0.2) is 0 Å². The molecule has 5 nitrogen and oxygen atoms in total. The minimum atomic E-state index is -0.295. The van der Waals surface area contributed by atoms with E-state index in [0.717, 1.165) is 10.8 Å². The Hall–Kier alpha value is -2.24. The second kappa shape index (κ2) is 5.63. The summed E-state index contributed by atoms with van der Waals surface area (Å²) in [5, 5.41) is 10.3. The Kier molecular flexibility index (Phi) is 3.68. The molecular weight excluding hydrogens is 270 g/mol. The van der Waals surface area contributed by atoms with Crippen molar-refractivity contribution in [1.82, 2.24) is 4.90 Å². The Balaban J connectivity index is 1.95. The summed E-state index contributed by atoms with van der Waals surface area (Å²) < 4.78 is 5.15. The summed E-state index contributed by atoms with van der Waals surface area (Å²) >= 11 is 0. The summed E-state index contributed by atoms with van der Waals surface area (Å²) in [5.74, 6) is -0.589. The van der Waals surface area contributed by atoms with Gasteiger partial charge in [-0.15, -0.1) is 0 Å². The van der Waals surface area contributed by atoms with Crippen molar-refractivity contribution in [2.45, 2.75) is 0 Å². The monoisotopic (exact) mass is 285 g/mol. The van der Waals surface area contributed by atoms with Gasteiger partial charge in [0.2, 0.25) is 0 Å². The number of aliphatic hydroxyl groups is 1. The maximum atomic E-state index is 12.5. The SMILES string of the molecule is O=C1c2cccc3cccc(c23)C(=O)N1CCOCCO. The van der Waals surface area contributed by atoms with E-state index in [2.05, 4.69) is 0 Å². The van der Waals surface area contributed by atoms with Gasteiger partial charge in [0, 0.05) is 16.5 Å². The van der Waals surface area contributed by atoms with E-state index in [9.17, 15) is 9.59 Å². The third-order valence-electron chi connectivity index (χ3n) is 3.55. The lowest BCUT2D eigenvalue weighted by molar-refractivity contribution is 0.0478. The average molecular weight is 285 g/mol. The number of hydrogen-bond donors (Lipinski definition) is 1. The fourth-order valence-electron chi connectivity index (χ4n) is 2.61. The molecule has 0 aliphatic carbocycles. The molecule has 1 aliphatic rings. The lowest BCUT2D eigenvalue weighted by atomic mass is 9.94. The lowest BCUT2D eigenvalue weighted by Gasteiger charge is -2.27. The molecule has 0 bridgehead atoms. The van der Waals surface area contributed by atoms with Crippen LogP contribution in [-0.4, -0.2) is 48.2 Å². The summed E-state index contributed by atoms with van der Waals surface area (Å²) in [7, 11) is 0. The second-order valence-corrected chi connectivity index (χ2v) is 4.81. The van der Waals surface area contributed by atoms with Crippen molar-refractivity contribution >= 4 is 22.6 Å². The number of benzene rings is 2. The highest BCUT2D eigenvalue weighted by atomic mass is 16.5. The van der Waals surface area contributed by atoms with Gasteiger partial charge in [-0.3, -0.25) is 14.5 Å². The van der Waals surface area contributed by atoms with E-state index >= 15 is 0 Å². The van der Waals surface area contributed by atoms with E-state index in [1.807, 2.05) is 24.3 Å². The molecule has 21 heavy (non-hydrogen) atoms. The molecule has 108 valence electrons. The van der Waals surface area contributed by atoms with Crippen LogP contribution in [0.1, 0.15) is 20.7 Å². The van der Waals surface area contributed by atoms with Crippen LogP contribution in [-0.2, 0) is 4.74 Å². The molecular formula is C16H15NO4. The van der Waals surface area contributed by atoms with Crippen molar-refractivity contribution in [3.63, 3.8) is 0 Å². The Morgan fingerprint density at radius 1 is 0.952 bits per heavy atom. The van der Waals surface area contributed by atoms with Crippen molar-refractivity contribution in [1.29, 1.82) is 0 Å². The average Bonchev–Trinajstić information content (AvgIpc) is 2.51. The first kappa shape index (κ1) is 13.7. The molecule has 0 radical (unpaired) electrons. The molecule has 1 aliphatic heterocycles. The minimum absolute atomic E-state index is 0.0793. The van der Waals surface area contributed by atoms with Gasteiger partial charge < -0.3 is 9.84 Å². The van der Waals surface area contributed by atoms with Crippen LogP contribution in [0.15, 0.2) is 36.4 Å². The zero-order chi connectivity index (χ0) is 14.8. The fraction of sp³-hybridized carbons (Fsp3) is 0.250. The summed E-state index contributed by atoms with van der Waals surface area (Å²) in [6.07, 6.45) is 0. The van der Waals surface area contributed by atoms with E-state index in [1.54, 1.807) is 12.1 Å². The fourth-order valence-corrected chi connectivity index (χ4v) is 2.61. The number of carbonyl (C=O) groups is 2. The summed E-state index contributed by atoms with van der Waals surface area (Å²) in [6.45, 7) is 0.519. The number of rotatable bonds is 5. The second-order valence-electron chi connectivity index (χ2n) is 4.81. The number of ether oxygens (including phenoxy) is 1. The van der Waals surface area contributed by atoms with E-state index in [-0.39, 0.29) is 38.2 Å². The van der Waals surface area contributed by atoms with Gasteiger partial charge in [0.25, 0.3) is 11.8 Å². The maximum absolute atomic E-state index is 12.5. The third-order valence-corrected chi connectivity index (χ3v) is 3.55. The molecule has 0 fully saturated rings. The van der Waals surface area contributed by atoms with Crippen LogP contribution in [0.4, 0.5) is 0 Å². The smallest absolute Gasteiger partial charge is 0.261 e. The third kappa shape index (κ3) is 2.30. The minimum Gasteiger partial charge on any atom is -0.394 e. The summed E-state index contributed by atoms with van der Waals surface area (Å²) in [4.78, 5) is 26.2.